The highest BCUT2D eigenvalue weighted by molar-refractivity contribution is 6.18. The number of nitrogens with zero attached hydrogens (tertiary/aromatic N) is 4. The van der Waals surface area contributed by atoms with Crippen LogP contribution >= 0.6 is 0 Å². The zero-order valence-electron chi connectivity index (χ0n) is 20.0. The number of aromatic nitrogens is 2. The Balaban J connectivity index is 1.90. The van der Waals surface area contributed by atoms with E-state index >= 15 is 0 Å². The minimum atomic E-state index is -4.64. The third-order valence-corrected chi connectivity index (χ3v) is 5.88. The summed E-state index contributed by atoms with van der Waals surface area (Å²) in [5.74, 6) is -4.56. The molecule has 3 N–H and O–H groups in total. The molecule has 3 rings (SSSR count). The van der Waals surface area contributed by atoms with Crippen LogP contribution in [0.3, 0.4) is 0 Å². The molecule has 36 heavy (non-hydrogen) atoms. The van der Waals surface area contributed by atoms with Gasteiger partial charge in [0.05, 0.1) is 25.0 Å². The molecule has 0 bridgehead atoms. The van der Waals surface area contributed by atoms with E-state index in [0.29, 0.717) is 17.3 Å². The number of carbonyl (C=O) groups is 1. The van der Waals surface area contributed by atoms with E-state index in [0.717, 1.165) is 16.7 Å². The van der Waals surface area contributed by atoms with Crippen molar-refractivity contribution < 1.29 is 26.7 Å². The van der Waals surface area contributed by atoms with Crippen molar-refractivity contribution in [1.29, 1.82) is 0 Å². The average molecular weight is 511 g/mol. The number of aliphatic imine (C=N–C) groups is 1. The smallest absolute Gasteiger partial charge is 0.394 e. The Morgan fingerprint density at radius 3 is 2.61 bits per heavy atom. The molecule has 1 aliphatic heterocycles. The van der Waals surface area contributed by atoms with Crippen LogP contribution in [0.1, 0.15) is 30.2 Å². The van der Waals surface area contributed by atoms with E-state index in [2.05, 4.69) is 20.3 Å². The molecule has 0 radical (unpaired) electrons. The molecule has 2 aromatic rings. The third-order valence-electron chi connectivity index (χ3n) is 5.88. The first-order chi connectivity index (χ1) is 16.8. The summed E-state index contributed by atoms with van der Waals surface area (Å²) >= 11 is 0. The van der Waals surface area contributed by atoms with Gasteiger partial charge in [0.2, 0.25) is 0 Å². The second kappa shape index (κ2) is 10.6. The van der Waals surface area contributed by atoms with E-state index in [9.17, 15) is 26.7 Å². The molecule has 1 aromatic heterocycles. The molecular weight excluding hydrogens is 483 g/mol. The van der Waals surface area contributed by atoms with Crippen LogP contribution in [0.15, 0.2) is 47.3 Å². The van der Waals surface area contributed by atoms with Crippen LogP contribution in [0.2, 0.25) is 0 Å². The lowest BCUT2D eigenvalue weighted by atomic mass is 9.88. The fourth-order valence-electron chi connectivity index (χ4n) is 4.17. The van der Waals surface area contributed by atoms with Crippen LogP contribution in [0.4, 0.5) is 27.8 Å². The molecule has 0 aliphatic carbocycles. The number of piperidine rings is 1. The van der Waals surface area contributed by atoms with Crippen molar-refractivity contribution in [3.8, 4) is 0 Å². The highest BCUT2D eigenvalue weighted by atomic mass is 19.4. The number of likely N-dealkylation sites (tertiary alicyclic amines) is 1. The topological polar surface area (TPSA) is 96.5 Å². The molecule has 1 saturated heterocycles. The van der Waals surface area contributed by atoms with E-state index < -0.39 is 48.6 Å². The summed E-state index contributed by atoms with van der Waals surface area (Å²) in [5.41, 5.74) is 6.64. The second-order valence-electron chi connectivity index (χ2n) is 8.79. The summed E-state index contributed by atoms with van der Waals surface area (Å²) in [6.45, 7) is 2.54. The monoisotopic (exact) mass is 510 g/mol. The van der Waals surface area contributed by atoms with Crippen molar-refractivity contribution in [2.75, 3.05) is 25.5 Å². The Morgan fingerprint density at radius 2 is 2.03 bits per heavy atom. The van der Waals surface area contributed by atoms with Gasteiger partial charge in [-0.05, 0) is 18.4 Å². The number of halogens is 5. The molecule has 1 aromatic carbocycles. The van der Waals surface area contributed by atoms with Gasteiger partial charge < -0.3 is 16.0 Å². The molecule has 1 fully saturated rings. The number of hydrogen-bond acceptors (Lipinski definition) is 6. The number of allylic oxidation sites excluding steroid dienone is 1. The fraction of sp³-hybridized carbons (Fsp3) is 0.417. The van der Waals surface area contributed by atoms with Crippen molar-refractivity contribution in [3.63, 3.8) is 0 Å². The van der Waals surface area contributed by atoms with Crippen LogP contribution in [-0.4, -0.2) is 59.1 Å². The second-order valence-corrected chi connectivity index (χ2v) is 8.79. The molecular formula is C24H27F5N6O. The maximum Gasteiger partial charge on any atom is 0.434 e. The van der Waals surface area contributed by atoms with Gasteiger partial charge in [0.15, 0.2) is 5.69 Å². The minimum absolute atomic E-state index is 0.0158. The number of hydrogen-bond donors (Lipinski definition) is 2. The molecule has 0 spiro atoms. The van der Waals surface area contributed by atoms with Crippen LogP contribution in [0.5, 0.6) is 0 Å². The van der Waals surface area contributed by atoms with Crippen molar-refractivity contribution in [2.45, 2.75) is 38.4 Å². The molecule has 194 valence electrons. The van der Waals surface area contributed by atoms with Gasteiger partial charge >= 0.3 is 6.18 Å². The first-order valence-corrected chi connectivity index (χ1v) is 11.1. The Labute approximate surface area is 205 Å². The molecule has 2 unspecified atom stereocenters. The maximum absolute atomic E-state index is 14.5. The van der Waals surface area contributed by atoms with Gasteiger partial charge in [-0.15, -0.1) is 0 Å². The summed E-state index contributed by atoms with van der Waals surface area (Å²) in [6, 6.07) is 6.44. The van der Waals surface area contributed by atoms with Gasteiger partial charge in [-0.1, -0.05) is 36.8 Å². The van der Waals surface area contributed by atoms with Gasteiger partial charge in [0, 0.05) is 31.8 Å². The molecule has 1 amide bonds. The highest BCUT2D eigenvalue weighted by Gasteiger charge is 2.46. The van der Waals surface area contributed by atoms with Gasteiger partial charge in [-0.2, -0.15) is 13.2 Å². The van der Waals surface area contributed by atoms with Crippen molar-refractivity contribution in [3.05, 3.63) is 59.2 Å². The van der Waals surface area contributed by atoms with E-state index in [1.807, 2.05) is 13.0 Å². The normalized spacial score (nSPS) is 20.8. The highest BCUT2D eigenvalue weighted by Crippen LogP contribution is 2.35. The Hall–Kier alpha value is -3.57. The van der Waals surface area contributed by atoms with Crippen molar-refractivity contribution in [2.24, 2.45) is 16.6 Å². The predicted molar refractivity (Wildman–Crippen MR) is 126 cm³/mol. The average Bonchev–Trinajstić information content (AvgIpc) is 2.80. The quantitative estimate of drug-likeness (QED) is 0.346. The van der Waals surface area contributed by atoms with E-state index in [1.54, 1.807) is 25.1 Å². The number of benzene rings is 1. The fourth-order valence-corrected chi connectivity index (χ4v) is 4.17. The first kappa shape index (κ1) is 27.0. The molecule has 7 nitrogen and oxygen atoms in total. The number of anilines is 1. The van der Waals surface area contributed by atoms with Gasteiger partial charge in [0.25, 0.3) is 11.8 Å². The summed E-state index contributed by atoms with van der Waals surface area (Å²) in [5, 5.41) is 2.81. The zero-order chi connectivity index (χ0) is 26.7. The molecule has 2 atom stereocenters. The van der Waals surface area contributed by atoms with Gasteiger partial charge in [0.1, 0.15) is 11.5 Å². The summed E-state index contributed by atoms with van der Waals surface area (Å²) < 4.78 is 67.3. The van der Waals surface area contributed by atoms with Crippen molar-refractivity contribution >= 4 is 23.5 Å². The van der Waals surface area contributed by atoms with E-state index in [1.165, 1.54) is 13.3 Å². The minimum Gasteiger partial charge on any atom is -0.394 e. The number of nitrogens with one attached hydrogen (secondary N) is 1. The number of rotatable bonds is 6. The maximum atomic E-state index is 14.5. The van der Waals surface area contributed by atoms with Crippen LogP contribution in [0, 0.1) is 12.8 Å². The van der Waals surface area contributed by atoms with Crippen LogP contribution in [-0.2, 0) is 11.0 Å². The number of aryl methyl sites for hydroxylation is 1. The van der Waals surface area contributed by atoms with Gasteiger partial charge in [-0.25, -0.2) is 18.7 Å². The summed E-state index contributed by atoms with van der Waals surface area (Å²) in [6.07, 6.45) is -2.23. The summed E-state index contributed by atoms with van der Waals surface area (Å²) in [4.78, 5) is 25.4. The van der Waals surface area contributed by atoms with Crippen LogP contribution < -0.4 is 11.1 Å². The Morgan fingerprint density at radius 1 is 1.31 bits per heavy atom. The Kier molecular flexibility index (Phi) is 7.95. The number of alkyl halides is 5. The number of amides is 1. The lowest BCUT2D eigenvalue weighted by Gasteiger charge is -2.43. The van der Waals surface area contributed by atoms with Crippen LogP contribution in [0.25, 0.3) is 5.57 Å². The predicted octanol–water partition coefficient (Wildman–Crippen LogP) is 4.16. The zero-order valence-corrected chi connectivity index (χ0v) is 20.0. The van der Waals surface area contributed by atoms with Crippen molar-refractivity contribution in [1.82, 2.24) is 14.9 Å². The molecule has 1 aliphatic rings. The number of carbonyl (C=O) groups excluding carboxylic acids is 1. The largest absolute Gasteiger partial charge is 0.434 e. The number of nitrogens with two attached hydrogens (primary N) is 1. The lowest BCUT2D eigenvalue weighted by molar-refractivity contribution is -0.148. The SMILES string of the molecule is CN=CC(=C(N)C(=O)N1CC(F)(F)CC(C)C1CNc1cnc(C(F)(F)F)cn1)c1cccc(C)c1. The lowest BCUT2D eigenvalue weighted by Crippen LogP contribution is -2.58. The Bertz CT molecular complexity index is 1150. The molecule has 12 heteroatoms. The first-order valence-electron chi connectivity index (χ1n) is 11.1. The van der Waals surface area contributed by atoms with E-state index in [4.69, 9.17) is 5.73 Å². The third kappa shape index (κ3) is 6.35. The molecule has 0 saturated carbocycles. The standard InChI is InChI=1S/C24H27F5N6O/c1-14-5-4-6-16(7-14)17(9-31-3)21(30)22(36)35-13-23(25,26)8-15(2)18(35)10-33-20-12-32-19(11-34-20)24(27,28)29/h4-7,9,11-12,15,18H,8,10,13,30H2,1-3H3,(H,33,34). The van der Waals surface area contributed by atoms with E-state index in [-0.39, 0.29) is 18.1 Å². The summed E-state index contributed by atoms with van der Waals surface area (Å²) in [7, 11) is 1.50. The van der Waals surface area contributed by atoms with Gasteiger partial charge in [-0.3, -0.25) is 9.79 Å². The molecule has 2 heterocycles.